The fourth-order valence-corrected chi connectivity index (χ4v) is 1.88. The van der Waals surface area contributed by atoms with E-state index in [2.05, 4.69) is 15.4 Å². The van der Waals surface area contributed by atoms with Gasteiger partial charge in [-0.25, -0.2) is 23.5 Å². The van der Waals surface area contributed by atoms with E-state index < -0.39 is 27.2 Å². The second-order valence-electron chi connectivity index (χ2n) is 4.91. The zero-order valence-corrected chi connectivity index (χ0v) is 13.9. The number of rotatable bonds is 4. The molecule has 29 heavy (non-hydrogen) atoms. The summed E-state index contributed by atoms with van der Waals surface area (Å²) < 4.78 is 26.6. The lowest BCUT2D eigenvalue weighted by molar-refractivity contribution is -0.385. The second-order valence-corrected chi connectivity index (χ2v) is 4.91. The van der Waals surface area contributed by atoms with Gasteiger partial charge in [-0.05, 0) is 22.6 Å². The maximum atomic E-state index is 13.3. The van der Waals surface area contributed by atoms with Gasteiger partial charge in [0.25, 0.3) is 11.4 Å². The van der Waals surface area contributed by atoms with Crippen molar-refractivity contribution in [2.24, 2.45) is 4.99 Å². The van der Waals surface area contributed by atoms with Crippen LogP contribution in [0.3, 0.4) is 0 Å². The van der Waals surface area contributed by atoms with Gasteiger partial charge in [0.2, 0.25) is 6.08 Å². The molecule has 0 aliphatic rings. The number of aromatic nitrogens is 4. The lowest BCUT2D eigenvalue weighted by Crippen LogP contribution is -2.17. The van der Waals surface area contributed by atoms with Crippen molar-refractivity contribution >= 4 is 23.1 Å². The Morgan fingerprint density at radius 1 is 1.03 bits per heavy atom. The molecule has 148 valence electrons. The van der Waals surface area contributed by atoms with E-state index in [4.69, 9.17) is 0 Å². The molecule has 15 heteroatoms. The minimum Gasteiger partial charge on any atom is -0.258 e. The van der Waals surface area contributed by atoms with Gasteiger partial charge >= 0.3 is 5.69 Å². The van der Waals surface area contributed by atoms with Crippen LogP contribution >= 0.6 is 0 Å². The van der Waals surface area contributed by atoms with E-state index in [1.807, 2.05) is 5.10 Å². The Morgan fingerprint density at radius 3 is 2.14 bits per heavy atom. The Kier molecular flexibility index (Phi) is 6.29. The zero-order valence-electron chi connectivity index (χ0n) is 13.9. The number of nitro groups is 2. The molecule has 1 heterocycles. The molecule has 0 aliphatic heterocycles. The molecule has 0 radical (unpaired) electrons. The van der Waals surface area contributed by atoms with Crippen LogP contribution in [0.2, 0.25) is 0 Å². The van der Waals surface area contributed by atoms with E-state index in [9.17, 15) is 38.6 Å². The molecule has 2 aromatic carbocycles. The number of halogens is 2. The van der Waals surface area contributed by atoms with Gasteiger partial charge in [0.05, 0.1) is 9.85 Å². The number of hydrogen-bond donors (Lipinski definition) is 1. The summed E-state index contributed by atoms with van der Waals surface area (Å²) in [7, 11) is 0. The van der Waals surface area contributed by atoms with Crippen LogP contribution in [0.25, 0.3) is 5.69 Å². The van der Waals surface area contributed by atoms with Crippen LogP contribution in [-0.2, 0) is 4.79 Å². The highest BCUT2D eigenvalue weighted by molar-refractivity contribution is 5.54. The zero-order chi connectivity index (χ0) is 21.6. The maximum Gasteiger partial charge on any atom is 0.365 e. The summed E-state index contributed by atoms with van der Waals surface area (Å²) in [6.45, 7) is 0. The first-order valence-corrected chi connectivity index (χ1v) is 7.21. The molecule has 1 N–H and O–H groups in total. The molecule has 0 spiro atoms. The first-order valence-electron chi connectivity index (χ1n) is 7.21. The van der Waals surface area contributed by atoms with Gasteiger partial charge in [0.15, 0.2) is 0 Å². The summed E-state index contributed by atoms with van der Waals surface area (Å²) in [5.74, 6) is -1.60. The predicted molar refractivity (Wildman–Crippen MR) is 89.4 cm³/mol. The minimum atomic E-state index is -0.804. The third-order valence-electron chi connectivity index (χ3n) is 3.15. The number of carbonyl (C=O) groups excluding carboxylic acids is 1. The van der Waals surface area contributed by atoms with Gasteiger partial charge in [0.1, 0.15) is 23.0 Å². The second kappa shape index (κ2) is 8.83. The van der Waals surface area contributed by atoms with Crippen LogP contribution in [0.1, 0.15) is 0 Å². The van der Waals surface area contributed by atoms with Crippen LogP contribution < -0.4 is 5.69 Å². The van der Waals surface area contributed by atoms with Crippen molar-refractivity contribution < 1.29 is 23.4 Å². The van der Waals surface area contributed by atoms with Crippen molar-refractivity contribution in [3.8, 4) is 5.69 Å². The first-order chi connectivity index (χ1) is 13.7. The van der Waals surface area contributed by atoms with Crippen LogP contribution in [0.4, 0.5) is 25.8 Å². The number of nitro benzene ring substituents is 2. The first kappa shape index (κ1) is 20.7. The van der Waals surface area contributed by atoms with Crippen LogP contribution in [0, 0.1) is 31.9 Å². The van der Waals surface area contributed by atoms with Crippen LogP contribution in [-0.4, -0.2) is 36.1 Å². The Hall–Kier alpha value is -4.65. The molecular weight excluding hydrogens is 400 g/mol. The molecule has 0 saturated carbocycles. The van der Waals surface area contributed by atoms with Gasteiger partial charge in [-0.1, -0.05) is 0 Å². The molecule has 0 fully saturated rings. The Balaban J connectivity index is 0.000000212. The SMILES string of the molecule is O=C=Nc1cc([N+](=O)[O-])ccc1F.O=c1[nH]nnn1-c1cc([N+](=O)[O-])ccc1F. The van der Waals surface area contributed by atoms with Crippen molar-refractivity contribution in [1.82, 2.24) is 20.2 Å². The summed E-state index contributed by atoms with van der Waals surface area (Å²) in [5.41, 5.74) is -2.15. The molecule has 1 aromatic heterocycles. The average Bonchev–Trinajstić information content (AvgIpc) is 3.10. The normalized spacial score (nSPS) is 9.72. The molecule has 0 aliphatic carbocycles. The van der Waals surface area contributed by atoms with Crippen LogP contribution in [0.15, 0.2) is 46.2 Å². The molecule has 0 amide bonds. The number of H-pyrrole nitrogens is 1. The number of non-ortho nitro benzene ring substituents is 2. The van der Waals surface area contributed by atoms with E-state index >= 15 is 0 Å². The van der Waals surface area contributed by atoms with Gasteiger partial charge in [0, 0.05) is 24.3 Å². The van der Waals surface area contributed by atoms with E-state index in [1.54, 1.807) is 0 Å². The summed E-state index contributed by atoms with van der Waals surface area (Å²) in [6.07, 6.45) is 1.10. The van der Waals surface area contributed by atoms with E-state index in [0.717, 1.165) is 42.5 Å². The van der Waals surface area contributed by atoms with Crippen LogP contribution in [0.5, 0.6) is 0 Å². The highest BCUT2D eigenvalue weighted by atomic mass is 19.1. The molecule has 0 saturated heterocycles. The topological polar surface area (TPSA) is 179 Å². The monoisotopic (exact) mass is 407 g/mol. The number of nitrogens with zero attached hydrogens (tertiary/aromatic N) is 6. The summed E-state index contributed by atoms with van der Waals surface area (Å²) in [5, 5.41) is 29.1. The number of hydrogen-bond acceptors (Lipinski definition) is 9. The average molecular weight is 407 g/mol. The number of tetrazole rings is 1. The largest absolute Gasteiger partial charge is 0.365 e. The van der Waals surface area contributed by atoms with Crippen molar-refractivity contribution in [1.29, 1.82) is 0 Å². The Labute approximate surface area is 157 Å². The Morgan fingerprint density at radius 2 is 1.62 bits per heavy atom. The van der Waals surface area contributed by atoms with Gasteiger partial charge in [-0.2, -0.15) is 9.67 Å². The summed E-state index contributed by atoms with van der Waals surface area (Å²) in [4.78, 5) is 43.1. The van der Waals surface area contributed by atoms with Crippen molar-refractivity contribution in [2.75, 3.05) is 0 Å². The minimum absolute atomic E-state index is 0.324. The Bertz CT molecular complexity index is 1190. The third kappa shape index (κ3) is 4.95. The number of nitrogens with one attached hydrogen (secondary N) is 1. The predicted octanol–water partition coefficient (Wildman–Crippen LogP) is 1.70. The smallest absolute Gasteiger partial charge is 0.258 e. The molecule has 3 aromatic rings. The van der Waals surface area contributed by atoms with Crippen molar-refractivity contribution in [3.63, 3.8) is 0 Å². The molecule has 3 rings (SSSR count). The van der Waals surface area contributed by atoms with E-state index in [-0.39, 0.29) is 22.7 Å². The molecule has 0 bridgehead atoms. The van der Waals surface area contributed by atoms with Gasteiger partial charge < -0.3 is 0 Å². The summed E-state index contributed by atoms with van der Waals surface area (Å²) >= 11 is 0. The van der Waals surface area contributed by atoms with Crippen molar-refractivity contribution in [2.45, 2.75) is 0 Å². The molecule has 0 atom stereocenters. The number of aromatic amines is 1. The maximum absolute atomic E-state index is 13.3. The number of benzene rings is 2. The molecular formula is C14H7F2N7O6. The highest BCUT2D eigenvalue weighted by Crippen LogP contribution is 2.23. The fraction of sp³-hybridized carbons (Fsp3) is 0. The molecule has 13 nitrogen and oxygen atoms in total. The lowest BCUT2D eigenvalue weighted by Gasteiger charge is -1.99. The summed E-state index contributed by atoms with van der Waals surface area (Å²) in [6, 6.07) is 5.49. The van der Waals surface area contributed by atoms with E-state index in [1.165, 1.54) is 0 Å². The lowest BCUT2D eigenvalue weighted by atomic mass is 10.2. The highest BCUT2D eigenvalue weighted by Gasteiger charge is 2.14. The van der Waals surface area contributed by atoms with E-state index in [0.29, 0.717) is 4.68 Å². The van der Waals surface area contributed by atoms with Gasteiger partial charge in [-0.3, -0.25) is 20.2 Å². The quantitative estimate of drug-likeness (QED) is 0.294. The fourth-order valence-electron chi connectivity index (χ4n) is 1.88. The van der Waals surface area contributed by atoms with Gasteiger partial charge in [-0.15, -0.1) is 0 Å². The molecule has 0 unspecified atom stereocenters. The third-order valence-corrected chi connectivity index (χ3v) is 3.15. The number of aliphatic imine (C=N–C) groups is 1. The standard InChI is InChI=1S/C7H4FN5O3.C7H3FN2O3/c8-5-2-1-4(13(15)16)3-6(5)12-7(14)9-10-11-12;8-6-2-1-5(10(12)13)3-7(6)9-4-11/h1-3H,(H,9,11,14);1-3H. The van der Waals surface area contributed by atoms with Crippen molar-refractivity contribution in [3.05, 3.63) is 78.7 Å². The number of isocyanates is 1.